The summed E-state index contributed by atoms with van der Waals surface area (Å²) in [5.74, 6) is 1.71. The molecule has 0 fully saturated rings. The Balaban J connectivity index is 1.88. The number of anilines is 1. The first-order valence-electron chi connectivity index (χ1n) is 7.21. The van der Waals surface area contributed by atoms with Gasteiger partial charge >= 0.3 is 6.18 Å². The van der Waals surface area contributed by atoms with Crippen LogP contribution >= 0.6 is 0 Å². The van der Waals surface area contributed by atoms with E-state index >= 15 is 0 Å². The van der Waals surface area contributed by atoms with Crippen molar-refractivity contribution < 1.29 is 17.6 Å². The zero-order valence-electron chi connectivity index (χ0n) is 12.8. The number of rotatable bonds is 4. The number of aromatic nitrogens is 2. The molecule has 0 unspecified atom stereocenters. The highest BCUT2D eigenvalue weighted by Gasteiger charge is 2.30. The van der Waals surface area contributed by atoms with Crippen LogP contribution in [0.2, 0.25) is 0 Å². The number of halogens is 3. The molecule has 0 amide bonds. The minimum atomic E-state index is -4.39. The van der Waals surface area contributed by atoms with E-state index in [1.807, 2.05) is 6.07 Å². The van der Waals surface area contributed by atoms with Crippen LogP contribution in [0.15, 0.2) is 53.1 Å². The smallest absolute Gasteiger partial charge is 0.416 e. The van der Waals surface area contributed by atoms with Gasteiger partial charge in [-0.3, -0.25) is 0 Å². The molecule has 0 radical (unpaired) electrons. The van der Waals surface area contributed by atoms with Crippen LogP contribution < -0.4 is 5.32 Å². The summed E-state index contributed by atoms with van der Waals surface area (Å²) in [4.78, 5) is 8.47. The van der Waals surface area contributed by atoms with Crippen LogP contribution in [0.25, 0.3) is 11.3 Å². The summed E-state index contributed by atoms with van der Waals surface area (Å²) in [6, 6.07) is 10.3. The molecule has 2 heterocycles. The largest absolute Gasteiger partial charge is 0.467 e. The third-order valence-corrected chi connectivity index (χ3v) is 3.35. The number of benzene rings is 1. The van der Waals surface area contributed by atoms with E-state index in [2.05, 4.69) is 15.3 Å². The quantitative estimate of drug-likeness (QED) is 0.753. The highest BCUT2D eigenvalue weighted by atomic mass is 19.4. The Bertz CT molecular complexity index is 829. The molecule has 3 rings (SSSR count). The number of furan rings is 1. The fourth-order valence-corrected chi connectivity index (χ4v) is 2.25. The van der Waals surface area contributed by atoms with Crippen molar-refractivity contribution in [2.45, 2.75) is 19.6 Å². The second kappa shape index (κ2) is 6.35. The zero-order chi connectivity index (χ0) is 17.2. The number of alkyl halides is 3. The summed E-state index contributed by atoms with van der Waals surface area (Å²) in [6.07, 6.45) is -2.82. The van der Waals surface area contributed by atoms with E-state index in [1.165, 1.54) is 6.07 Å². The molecule has 1 aromatic carbocycles. The van der Waals surface area contributed by atoms with Gasteiger partial charge in [0.25, 0.3) is 0 Å². The molecule has 0 bridgehead atoms. The Kier molecular flexibility index (Phi) is 4.24. The number of nitrogens with zero attached hydrogens (tertiary/aromatic N) is 2. The number of hydrogen-bond acceptors (Lipinski definition) is 4. The summed E-state index contributed by atoms with van der Waals surface area (Å²) in [6.45, 7) is 2.11. The van der Waals surface area contributed by atoms with Gasteiger partial charge in [-0.25, -0.2) is 9.97 Å². The molecule has 124 valence electrons. The van der Waals surface area contributed by atoms with Gasteiger partial charge in [0.15, 0.2) is 0 Å². The predicted octanol–water partition coefficient (Wildman–Crippen LogP) is 4.68. The fourth-order valence-electron chi connectivity index (χ4n) is 2.25. The fraction of sp³-hybridized carbons (Fsp3) is 0.176. The Hall–Kier alpha value is -2.83. The number of aryl methyl sites for hydroxylation is 1. The molecular formula is C17H14F3N3O. The molecule has 4 nitrogen and oxygen atoms in total. The standard InChI is InChI=1S/C17H14F3N3O/c1-11-22-15(12-4-2-5-13(8-12)17(18,19)20)9-16(23-11)21-10-14-6-3-7-24-14/h2-9H,10H2,1H3,(H,21,22,23). The van der Waals surface area contributed by atoms with E-state index in [4.69, 9.17) is 4.42 Å². The van der Waals surface area contributed by atoms with Gasteiger partial charge in [-0.05, 0) is 31.2 Å². The van der Waals surface area contributed by atoms with E-state index in [-0.39, 0.29) is 0 Å². The van der Waals surface area contributed by atoms with E-state index in [0.29, 0.717) is 29.4 Å². The molecule has 0 saturated carbocycles. The van der Waals surface area contributed by atoms with Gasteiger partial charge in [-0.15, -0.1) is 0 Å². The lowest BCUT2D eigenvalue weighted by Crippen LogP contribution is -2.05. The molecule has 7 heteroatoms. The Morgan fingerprint density at radius 1 is 1.08 bits per heavy atom. The van der Waals surface area contributed by atoms with E-state index in [0.717, 1.165) is 17.9 Å². The molecule has 0 aliphatic rings. The van der Waals surface area contributed by atoms with Crippen LogP contribution in [-0.2, 0) is 12.7 Å². The summed E-state index contributed by atoms with van der Waals surface area (Å²) in [7, 11) is 0. The first kappa shape index (κ1) is 16.0. The van der Waals surface area contributed by atoms with Crippen LogP contribution in [-0.4, -0.2) is 9.97 Å². The third-order valence-electron chi connectivity index (χ3n) is 3.35. The van der Waals surface area contributed by atoms with Crippen LogP contribution in [0.1, 0.15) is 17.1 Å². The average molecular weight is 333 g/mol. The van der Waals surface area contributed by atoms with Crippen molar-refractivity contribution in [3.8, 4) is 11.3 Å². The normalized spacial score (nSPS) is 11.5. The minimum Gasteiger partial charge on any atom is -0.467 e. The van der Waals surface area contributed by atoms with E-state index in [1.54, 1.807) is 31.4 Å². The van der Waals surface area contributed by atoms with E-state index < -0.39 is 11.7 Å². The lowest BCUT2D eigenvalue weighted by molar-refractivity contribution is -0.137. The molecule has 24 heavy (non-hydrogen) atoms. The lowest BCUT2D eigenvalue weighted by atomic mass is 10.1. The third kappa shape index (κ3) is 3.73. The molecule has 3 aromatic rings. The Morgan fingerprint density at radius 2 is 1.92 bits per heavy atom. The van der Waals surface area contributed by atoms with Crippen LogP contribution in [0.5, 0.6) is 0 Å². The van der Waals surface area contributed by atoms with Gasteiger partial charge < -0.3 is 9.73 Å². The summed E-state index contributed by atoms with van der Waals surface area (Å²) in [5.41, 5.74) is 0.105. The molecule has 2 aromatic heterocycles. The van der Waals surface area contributed by atoms with Gasteiger partial charge in [0.2, 0.25) is 0 Å². The number of hydrogen-bond donors (Lipinski definition) is 1. The monoisotopic (exact) mass is 333 g/mol. The molecular weight excluding hydrogens is 319 g/mol. The van der Waals surface area contributed by atoms with Gasteiger partial charge in [0.05, 0.1) is 24.1 Å². The zero-order valence-corrected chi connectivity index (χ0v) is 12.8. The second-order valence-corrected chi connectivity index (χ2v) is 5.20. The first-order valence-corrected chi connectivity index (χ1v) is 7.21. The summed E-state index contributed by atoms with van der Waals surface area (Å²) >= 11 is 0. The highest BCUT2D eigenvalue weighted by molar-refractivity contribution is 5.63. The van der Waals surface area contributed by atoms with Crippen molar-refractivity contribution in [2.24, 2.45) is 0 Å². The Morgan fingerprint density at radius 3 is 2.62 bits per heavy atom. The molecule has 0 atom stereocenters. The molecule has 0 aliphatic heterocycles. The molecule has 1 N–H and O–H groups in total. The van der Waals surface area contributed by atoms with Gasteiger partial charge in [0, 0.05) is 11.6 Å². The first-order chi connectivity index (χ1) is 11.4. The SMILES string of the molecule is Cc1nc(NCc2ccco2)cc(-c2cccc(C(F)(F)F)c2)n1. The van der Waals surface area contributed by atoms with Crippen molar-refractivity contribution in [2.75, 3.05) is 5.32 Å². The van der Waals surface area contributed by atoms with Crippen molar-refractivity contribution in [1.29, 1.82) is 0 Å². The van der Waals surface area contributed by atoms with Crippen molar-refractivity contribution >= 4 is 5.82 Å². The maximum absolute atomic E-state index is 12.9. The number of nitrogens with one attached hydrogen (secondary N) is 1. The predicted molar refractivity (Wildman–Crippen MR) is 83.2 cm³/mol. The van der Waals surface area contributed by atoms with Crippen molar-refractivity contribution in [1.82, 2.24) is 9.97 Å². The lowest BCUT2D eigenvalue weighted by Gasteiger charge is -2.10. The highest BCUT2D eigenvalue weighted by Crippen LogP contribution is 2.32. The van der Waals surface area contributed by atoms with Crippen LogP contribution in [0.3, 0.4) is 0 Å². The maximum atomic E-state index is 12.9. The molecule has 0 aliphatic carbocycles. The molecule has 0 spiro atoms. The topological polar surface area (TPSA) is 51.0 Å². The van der Waals surface area contributed by atoms with Gasteiger partial charge in [-0.1, -0.05) is 12.1 Å². The average Bonchev–Trinajstić information content (AvgIpc) is 3.05. The van der Waals surface area contributed by atoms with Crippen LogP contribution in [0.4, 0.5) is 19.0 Å². The van der Waals surface area contributed by atoms with Gasteiger partial charge in [0.1, 0.15) is 17.4 Å². The van der Waals surface area contributed by atoms with Crippen molar-refractivity contribution in [3.63, 3.8) is 0 Å². The summed E-state index contributed by atoms with van der Waals surface area (Å²) < 4.78 is 43.8. The minimum absolute atomic E-state index is 0.386. The Labute approximate surface area is 136 Å². The van der Waals surface area contributed by atoms with E-state index in [9.17, 15) is 13.2 Å². The molecule has 0 saturated heterocycles. The maximum Gasteiger partial charge on any atom is 0.416 e. The van der Waals surface area contributed by atoms with Crippen LogP contribution in [0, 0.1) is 6.92 Å². The van der Waals surface area contributed by atoms with Gasteiger partial charge in [-0.2, -0.15) is 13.2 Å². The second-order valence-electron chi connectivity index (χ2n) is 5.20. The van der Waals surface area contributed by atoms with Crippen molar-refractivity contribution in [3.05, 3.63) is 65.9 Å². The summed E-state index contributed by atoms with van der Waals surface area (Å²) in [5, 5.41) is 3.08.